The van der Waals surface area contributed by atoms with Gasteiger partial charge in [-0.1, -0.05) is 173 Å². The number of amides is 1. The van der Waals surface area contributed by atoms with Crippen molar-refractivity contribution in [2.24, 2.45) is 0 Å². The SMILES string of the molecule is CC/C=C\C[C@H](O)[C@H](O)/C=C/C=C/C=C\C=C\[C@@H](O)C/C=C\CCC.CC/C=C\C[C@H](O)[C@H](O)/C=C/C=C/C=C\C=C\[C@@H](O)C/C=C\CCC(=O)[O-].C[C@H]([NH3+])C(=O)N[C@@H](CCCC[NH3+])C(=O)[O-]. The predicted molar refractivity (Wildman–Crippen MR) is 265 cm³/mol. The zero-order chi connectivity index (χ0) is 50.9. The standard InChI is InChI=1S/C22H32O5.C22H34O3.C9H19N3O3/c1-2-3-9-16-20(24)21(25)17-12-7-5-4-6-10-14-19(23)15-11-8-13-18-22(26)27;1-3-5-7-13-16-20(23)17-14-10-8-9-11-15-19-22(25)21(24)18-12-6-4-2;1-6(11)8(13)12-7(9(14)15)4-2-3-5-10/h3-12,14,17,19-21,23-25H,2,13,15-16,18H2,1H3,(H,26,27);6-15,17,19-25H,3-5,16,18H2,1-2H3;6-7H,2-5,10-11H2,1H3,(H,12,13)(H,14,15)/b6-4-,7-5+,9-3-,11-8-,14-10+,17-12+;10-8-,11-9+,12-6-,13-7-,17-14+,19-15+;/t19-,20+,21-;20-,21-,22+;6-,7-/m100/s1. The van der Waals surface area contributed by atoms with E-state index in [1.807, 2.05) is 68.5 Å². The van der Waals surface area contributed by atoms with Gasteiger partial charge in [-0.2, -0.15) is 0 Å². The summed E-state index contributed by atoms with van der Waals surface area (Å²) >= 11 is 0. The summed E-state index contributed by atoms with van der Waals surface area (Å²) in [7, 11) is 0. The van der Waals surface area contributed by atoms with Crippen LogP contribution >= 0.6 is 0 Å². The molecule has 0 radical (unpaired) electrons. The van der Waals surface area contributed by atoms with Crippen molar-refractivity contribution in [2.45, 2.75) is 160 Å². The molecule has 0 aliphatic heterocycles. The molecule has 0 aliphatic rings. The molecule has 0 saturated carbocycles. The van der Waals surface area contributed by atoms with Crippen molar-refractivity contribution >= 4 is 17.8 Å². The molecule has 67 heavy (non-hydrogen) atoms. The number of carboxylic acid groups (broad SMARTS) is 2. The number of nitrogens with one attached hydrogen (secondary N) is 1. The van der Waals surface area contributed by atoms with Crippen LogP contribution in [0.4, 0.5) is 0 Å². The number of carboxylic acids is 2. The van der Waals surface area contributed by atoms with Gasteiger partial charge < -0.3 is 67.2 Å². The minimum absolute atomic E-state index is 0.0160. The third-order valence-electron chi connectivity index (χ3n) is 8.84. The van der Waals surface area contributed by atoms with Crippen LogP contribution in [0.3, 0.4) is 0 Å². The van der Waals surface area contributed by atoms with Gasteiger partial charge in [0.2, 0.25) is 0 Å². The van der Waals surface area contributed by atoms with Crippen molar-refractivity contribution in [3.05, 3.63) is 146 Å². The van der Waals surface area contributed by atoms with Crippen LogP contribution in [-0.2, 0) is 14.4 Å². The molecule has 1 amide bonds. The number of quaternary nitrogens is 2. The Morgan fingerprint density at radius 2 is 0.955 bits per heavy atom. The summed E-state index contributed by atoms with van der Waals surface area (Å²) in [5.74, 6) is -2.69. The largest absolute Gasteiger partial charge is 0.550 e. The number of aliphatic carboxylic acids is 2. The van der Waals surface area contributed by atoms with Gasteiger partial charge >= 0.3 is 0 Å². The number of rotatable bonds is 34. The van der Waals surface area contributed by atoms with Crippen LogP contribution in [0.25, 0.3) is 0 Å². The second-order valence-corrected chi connectivity index (χ2v) is 15.3. The van der Waals surface area contributed by atoms with E-state index in [1.54, 1.807) is 85.9 Å². The maximum Gasteiger partial charge on any atom is 0.278 e. The summed E-state index contributed by atoms with van der Waals surface area (Å²) in [5.41, 5.74) is 7.17. The molecule has 0 unspecified atom stereocenters. The van der Waals surface area contributed by atoms with Crippen LogP contribution < -0.4 is 27.0 Å². The first-order chi connectivity index (χ1) is 32.1. The van der Waals surface area contributed by atoms with E-state index in [4.69, 9.17) is 0 Å². The summed E-state index contributed by atoms with van der Waals surface area (Å²) in [5, 5.41) is 81.7. The van der Waals surface area contributed by atoms with E-state index >= 15 is 0 Å². The van der Waals surface area contributed by atoms with Crippen LogP contribution in [0.1, 0.15) is 111 Å². The minimum atomic E-state index is -1.24. The molecule has 0 fully saturated rings. The van der Waals surface area contributed by atoms with E-state index in [1.165, 1.54) is 6.08 Å². The molecule has 8 atom stereocenters. The van der Waals surface area contributed by atoms with Crippen molar-refractivity contribution in [3.8, 4) is 0 Å². The van der Waals surface area contributed by atoms with Crippen molar-refractivity contribution in [1.82, 2.24) is 5.32 Å². The second kappa shape index (κ2) is 48.9. The van der Waals surface area contributed by atoms with E-state index in [-0.39, 0.29) is 12.3 Å². The number of carbonyl (C=O) groups is 3. The Morgan fingerprint density at radius 3 is 1.33 bits per heavy atom. The lowest BCUT2D eigenvalue weighted by Crippen LogP contribution is -2.67. The van der Waals surface area contributed by atoms with Gasteiger partial charge in [0, 0.05) is 5.97 Å². The Balaban J connectivity index is -0.000000954. The Bertz CT molecular complexity index is 1610. The van der Waals surface area contributed by atoms with Crippen molar-refractivity contribution in [1.29, 1.82) is 0 Å². The van der Waals surface area contributed by atoms with Gasteiger partial charge in [0.1, 0.15) is 0 Å². The summed E-state index contributed by atoms with van der Waals surface area (Å²) in [4.78, 5) is 32.1. The van der Waals surface area contributed by atoms with Gasteiger partial charge in [0.25, 0.3) is 5.91 Å². The molecule has 0 heterocycles. The van der Waals surface area contributed by atoms with Gasteiger partial charge in [-0.3, -0.25) is 4.79 Å². The number of allylic oxidation sites excluding steroid dienone is 16. The normalized spacial score (nSPS) is 16.3. The highest BCUT2D eigenvalue weighted by atomic mass is 16.4. The van der Waals surface area contributed by atoms with E-state index in [0.717, 1.165) is 38.6 Å². The fourth-order valence-electron chi connectivity index (χ4n) is 4.91. The average Bonchev–Trinajstić information content (AvgIpc) is 3.29. The minimum Gasteiger partial charge on any atom is -0.550 e. The predicted octanol–water partition coefficient (Wildman–Crippen LogP) is 2.79. The maximum atomic E-state index is 11.2. The van der Waals surface area contributed by atoms with Gasteiger partial charge in [0.05, 0.1) is 55.2 Å². The molecule has 0 rings (SSSR count). The number of hydrogen-bond acceptors (Lipinski definition) is 11. The quantitative estimate of drug-likeness (QED) is 0.0257. The van der Waals surface area contributed by atoms with Crippen molar-refractivity contribution in [2.75, 3.05) is 6.54 Å². The monoisotopic (exact) mass is 940 g/mol. The summed E-state index contributed by atoms with van der Waals surface area (Å²) in [6.45, 7) is 8.53. The van der Waals surface area contributed by atoms with Crippen LogP contribution in [0.5, 0.6) is 0 Å². The fourth-order valence-corrected chi connectivity index (χ4v) is 4.91. The maximum absolute atomic E-state index is 11.2. The smallest absolute Gasteiger partial charge is 0.278 e. The van der Waals surface area contributed by atoms with Crippen LogP contribution in [0.2, 0.25) is 0 Å². The summed E-state index contributed by atoms with van der Waals surface area (Å²) in [6, 6.07) is -1.37. The molecule has 378 valence electrons. The molecule has 14 heteroatoms. The topological polar surface area (TPSA) is 286 Å². The lowest BCUT2D eigenvalue weighted by atomic mass is 10.1. The molecule has 0 aromatic carbocycles. The van der Waals surface area contributed by atoms with Crippen LogP contribution in [-0.4, -0.2) is 104 Å². The summed E-state index contributed by atoms with van der Waals surface area (Å²) < 4.78 is 0. The highest BCUT2D eigenvalue weighted by Crippen LogP contribution is 2.05. The molecular formula is C53H85N3O11. The van der Waals surface area contributed by atoms with Crippen molar-refractivity contribution < 1.29 is 66.7 Å². The van der Waals surface area contributed by atoms with Gasteiger partial charge in [0.15, 0.2) is 6.04 Å². The van der Waals surface area contributed by atoms with Crippen LogP contribution in [0.15, 0.2) is 146 Å². The zero-order valence-electron chi connectivity index (χ0n) is 40.5. The van der Waals surface area contributed by atoms with Gasteiger partial charge in [-0.25, -0.2) is 0 Å². The molecular weight excluding hydrogens is 855 g/mol. The molecule has 0 aromatic heterocycles. The first-order valence-corrected chi connectivity index (χ1v) is 23.5. The van der Waals surface area contributed by atoms with E-state index < -0.39 is 60.6 Å². The number of aliphatic hydroxyl groups is 6. The van der Waals surface area contributed by atoms with E-state index in [9.17, 15) is 55.2 Å². The molecule has 0 aliphatic carbocycles. The Kier molecular flexibility index (Phi) is 48.3. The Labute approximate surface area is 401 Å². The highest BCUT2D eigenvalue weighted by Gasteiger charge is 2.17. The molecule has 0 spiro atoms. The fraction of sp³-hybridized carbons (Fsp3) is 0.491. The summed E-state index contributed by atoms with van der Waals surface area (Å²) in [6.07, 6.45) is 46.7. The third-order valence-corrected chi connectivity index (χ3v) is 8.84. The molecule has 0 aromatic rings. The second-order valence-electron chi connectivity index (χ2n) is 15.3. The Morgan fingerprint density at radius 1 is 0.552 bits per heavy atom. The zero-order valence-corrected chi connectivity index (χ0v) is 40.5. The van der Waals surface area contributed by atoms with Gasteiger partial charge in [-0.15, -0.1) is 0 Å². The number of carbonyl (C=O) groups excluding carboxylic acids is 3. The number of aliphatic hydroxyl groups excluding tert-OH is 6. The number of hydrogen-bond donors (Lipinski definition) is 9. The highest BCUT2D eigenvalue weighted by molar-refractivity contribution is 5.84. The first-order valence-electron chi connectivity index (χ1n) is 23.5. The Hall–Kier alpha value is -5.03. The molecule has 0 saturated heterocycles. The van der Waals surface area contributed by atoms with Crippen molar-refractivity contribution in [3.63, 3.8) is 0 Å². The van der Waals surface area contributed by atoms with Crippen LogP contribution in [0, 0.1) is 0 Å². The van der Waals surface area contributed by atoms with E-state index in [2.05, 4.69) is 29.8 Å². The number of unbranched alkanes of at least 4 members (excludes halogenated alkanes) is 2. The lowest BCUT2D eigenvalue weighted by Gasteiger charge is -2.19. The molecule has 0 bridgehead atoms. The first kappa shape index (κ1) is 66.2. The average molecular weight is 940 g/mol. The lowest BCUT2D eigenvalue weighted by molar-refractivity contribution is -0.398. The third kappa shape index (κ3) is 48.7. The van der Waals surface area contributed by atoms with E-state index in [0.29, 0.717) is 44.9 Å². The van der Waals surface area contributed by atoms with Gasteiger partial charge in [-0.05, 0) is 84.0 Å². The molecule has 14 nitrogen and oxygen atoms in total. The molecule has 13 N–H and O–H groups in total.